The lowest BCUT2D eigenvalue weighted by Gasteiger charge is -2.34. The maximum atomic E-state index is 10.6. The summed E-state index contributed by atoms with van der Waals surface area (Å²) in [4.78, 5) is 21.2. The van der Waals surface area contributed by atoms with Gasteiger partial charge in [-0.2, -0.15) is 15.4 Å². The first-order valence-electron chi connectivity index (χ1n) is 11.5. The van der Waals surface area contributed by atoms with E-state index < -0.39 is 17.4 Å². The molecule has 7 heteroatoms. The first kappa shape index (κ1) is 25.1. The van der Waals surface area contributed by atoms with Crippen molar-refractivity contribution < 1.29 is 19.8 Å². The predicted molar refractivity (Wildman–Crippen MR) is 140 cm³/mol. The summed E-state index contributed by atoms with van der Waals surface area (Å²) < 4.78 is 0. The van der Waals surface area contributed by atoms with Crippen LogP contribution in [-0.2, 0) is 5.41 Å². The van der Waals surface area contributed by atoms with Crippen molar-refractivity contribution in [1.82, 2.24) is 15.4 Å². The highest BCUT2D eigenvalue weighted by atomic mass is 16.4. The summed E-state index contributed by atoms with van der Waals surface area (Å²) in [6.07, 6.45) is 1.81. The average Bonchev–Trinajstić information content (AvgIpc) is 3.46. The molecule has 1 heterocycles. The highest BCUT2D eigenvalue weighted by Crippen LogP contribution is 2.43. The van der Waals surface area contributed by atoms with Crippen LogP contribution in [-0.4, -0.2) is 37.6 Å². The zero-order valence-corrected chi connectivity index (χ0v) is 20.1. The largest absolute Gasteiger partial charge is 0.478 e. The van der Waals surface area contributed by atoms with E-state index in [0.717, 1.165) is 22.4 Å². The molecule has 0 unspecified atom stereocenters. The lowest BCUT2D eigenvalue weighted by molar-refractivity contribution is 0.0696. The minimum absolute atomic E-state index is 0.0277. The molecule has 0 aliphatic rings. The Morgan fingerprint density at radius 3 is 1.38 bits per heavy atom. The van der Waals surface area contributed by atoms with Crippen LogP contribution in [0.25, 0.3) is 0 Å². The number of aromatic carboxylic acids is 2. The lowest BCUT2D eigenvalue weighted by atomic mass is 9.67. The monoisotopic (exact) mass is 491 g/mol. The molecule has 0 bridgehead atoms. The lowest BCUT2D eigenvalue weighted by Crippen LogP contribution is -2.31. The first-order chi connectivity index (χ1) is 18.0. The number of carboxylic acids is 2. The fourth-order valence-corrected chi connectivity index (χ4v) is 4.49. The van der Waals surface area contributed by atoms with E-state index in [9.17, 15) is 9.59 Å². The molecule has 0 aliphatic heterocycles. The van der Waals surface area contributed by atoms with Crippen LogP contribution in [0.5, 0.6) is 0 Å². The number of hydrogen-bond acceptors (Lipinski definition) is 4. The van der Waals surface area contributed by atoms with Gasteiger partial charge in [0.2, 0.25) is 0 Å². The third-order valence-electron chi connectivity index (χ3n) is 6.21. The van der Waals surface area contributed by atoms with Crippen molar-refractivity contribution in [3.8, 4) is 0 Å². The SMILES string of the molecule is Cc1c(C(=O)O)cccc1C(=O)O.c1ccc(C(c2ccccc2)(c2ccccc2)c2cn[nH]n2)cc1. The summed E-state index contributed by atoms with van der Waals surface area (Å²) in [5.41, 5.74) is 4.20. The third kappa shape index (κ3) is 5.01. The molecule has 0 amide bonds. The molecule has 0 saturated carbocycles. The van der Waals surface area contributed by atoms with Gasteiger partial charge in [-0.3, -0.25) is 0 Å². The Hall–Kier alpha value is -5.04. The van der Waals surface area contributed by atoms with Gasteiger partial charge in [-0.1, -0.05) is 97.1 Å². The number of rotatable bonds is 6. The van der Waals surface area contributed by atoms with E-state index in [1.807, 2.05) is 24.4 Å². The van der Waals surface area contributed by atoms with Gasteiger partial charge in [0.25, 0.3) is 0 Å². The minimum Gasteiger partial charge on any atom is -0.478 e. The Balaban J connectivity index is 0.000000209. The van der Waals surface area contributed by atoms with Crippen LogP contribution in [0.2, 0.25) is 0 Å². The zero-order valence-electron chi connectivity index (χ0n) is 20.1. The van der Waals surface area contributed by atoms with E-state index in [1.54, 1.807) is 0 Å². The fraction of sp³-hybridized carbons (Fsp3) is 0.0667. The first-order valence-corrected chi connectivity index (χ1v) is 11.5. The number of nitrogens with one attached hydrogen (secondary N) is 1. The second kappa shape index (κ2) is 11.1. The van der Waals surface area contributed by atoms with E-state index in [2.05, 4.69) is 88.2 Å². The summed E-state index contributed by atoms with van der Waals surface area (Å²) in [5.74, 6) is -2.22. The Bertz CT molecular complexity index is 1340. The zero-order chi connectivity index (χ0) is 26.3. The molecule has 0 radical (unpaired) electrons. The molecule has 0 atom stereocenters. The van der Waals surface area contributed by atoms with Gasteiger partial charge < -0.3 is 10.2 Å². The van der Waals surface area contributed by atoms with Crippen molar-refractivity contribution in [2.75, 3.05) is 0 Å². The van der Waals surface area contributed by atoms with Gasteiger partial charge in [-0.25, -0.2) is 9.59 Å². The summed E-state index contributed by atoms with van der Waals surface area (Å²) in [5, 5.41) is 28.7. The third-order valence-corrected chi connectivity index (χ3v) is 6.21. The second-order valence-electron chi connectivity index (χ2n) is 8.29. The molecule has 0 aliphatic carbocycles. The predicted octanol–water partition coefficient (Wildman–Crippen LogP) is 5.58. The highest BCUT2D eigenvalue weighted by Gasteiger charge is 2.40. The van der Waals surface area contributed by atoms with Gasteiger partial charge in [-0.05, 0) is 41.3 Å². The van der Waals surface area contributed by atoms with Gasteiger partial charge in [0.15, 0.2) is 0 Å². The maximum absolute atomic E-state index is 10.6. The van der Waals surface area contributed by atoms with Crippen molar-refractivity contribution in [3.05, 3.63) is 154 Å². The molecule has 7 nitrogen and oxygen atoms in total. The van der Waals surface area contributed by atoms with Gasteiger partial charge >= 0.3 is 11.9 Å². The molecular weight excluding hydrogens is 466 g/mol. The van der Waals surface area contributed by atoms with E-state index in [1.165, 1.54) is 25.1 Å². The van der Waals surface area contributed by atoms with Crippen LogP contribution in [0.15, 0.2) is 115 Å². The van der Waals surface area contributed by atoms with Crippen LogP contribution in [0.4, 0.5) is 0 Å². The number of H-pyrrole nitrogens is 1. The molecule has 4 aromatic carbocycles. The van der Waals surface area contributed by atoms with Gasteiger partial charge in [0.1, 0.15) is 5.69 Å². The number of hydrogen-bond donors (Lipinski definition) is 3. The molecule has 37 heavy (non-hydrogen) atoms. The van der Waals surface area contributed by atoms with E-state index in [-0.39, 0.29) is 16.7 Å². The van der Waals surface area contributed by atoms with Crippen LogP contribution in [0, 0.1) is 6.92 Å². The molecule has 0 fully saturated rings. The fourth-order valence-electron chi connectivity index (χ4n) is 4.49. The number of carboxylic acid groups (broad SMARTS) is 2. The Kier molecular flexibility index (Phi) is 7.54. The molecule has 5 aromatic rings. The Morgan fingerprint density at radius 1 is 0.649 bits per heavy atom. The molecule has 184 valence electrons. The van der Waals surface area contributed by atoms with E-state index in [0.29, 0.717) is 0 Å². The van der Waals surface area contributed by atoms with Crippen LogP contribution < -0.4 is 0 Å². The molecule has 0 spiro atoms. The average molecular weight is 492 g/mol. The van der Waals surface area contributed by atoms with Crippen LogP contribution >= 0.6 is 0 Å². The Labute approximate surface area is 214 Å². The molecule has 1 aromatic heterocycles. The normalized spacial score (nSPS) is 10.7. The minimum atomic E-state index is -1.11. The number of benzene rings is 4. The number of aromatic amines is 1. The van der Waals surface area contributed by atoms with E-state index in [4.69, 9.17) is 10.2 Å². The van der Waals surface area contributed by atoms with Crippen molar-refractivity contribution in [1.29, 1.82) is 0 Å². The van der Waals surface area contributed by atoms with Crippen molar-refractivity contribution in [2.24, 2.45) is 0 Å². The quantitative estimate of drug-likeness (QED) is 0.267. The van der Waals surface area contributed by atoms with Gasteiger partial charge in [0, 0.05) is 0 Å². The van der Waals surface area contributed by atoms with Crippen molar-refractivity contribution in [3.63, 3.8) is 0 Å². The number of aromatic nitrogens is 3. The van der Waals surface area contributed by atoms with Crippen molar-refractivity contribution in [2.45, 2.75) is 12.3 Å². The molecule has 0 saturated heterocycles. The van der Waals surface area contributed by atoms with Gasteiger partial charge in [-0.15, -0.1) is 0 Å². The van der Waals surface area contributed by atoms with Crippen LogP contribution in [0.1, 0.15) is 48.7 Å². The summed E-state index contributed by atoms with van der Waals surface area (Å²) >= 11 is 0. The van der Waals surface area contributed by atoms with Gasteiger partial charge in [0.05, 0.1) is 22.7 Å². The van der Waals surface area contributed by atoms with Crippen molar-refractivity contribution >= 4 is 11.9 Å². The summed E-state index contributed by atoms with van der Waals surface area (Å²) in [6.45, 7) is 1.48. The smallest absolute Gasteiger partial charge is 0.335 e. The highest BCUT2D eigenvalue weighted by molar-refractivity contribution is 5.96. The maximum Gasteiger partial charge on any atom is 0.335 e. The standard InChI is InChI=1S/C21H17N3.C9H8O4/c1-4-10-17(11-5-1)21(20-16-22-24-23-20,18-12-6-2-7-13-18)19-14-8-3-9-15-19;1-5-6(8(10)11)3-2-4-7(5)9(12)13/h1-16H,(H,22,23,24);2-4H,1H3,(H,10,11)(H,12,13). The molecule has 5 rings (SSSR count). The molecule has 3 N–H and O–H groups in total. The summed E-state index contributed by atoms with van der Waals surface area (Å²) in [6, 6.07) is 35.6. The topological polar surface area (TPSA) is 116 Å². The van der Waals surface area contributed by atoms with Crippen LogP contribution in [0.3, 0.4) is 0 Å². The number of carbonyl (C=O) groups is 2. The van der Waals surface area contributed by atoms with E-state index >= 15 is 0 Å². The number of nitrogens with zero attached hydrogens (tertiary/aromatic N) is 2. The molecular formula is C30H25N3O4. The summed E-state index contributed by atoms with van der Waals surface area (Å²) in [7, 11) is 0. The second-order valence-corrected chi connectivity index (χ2v) is 8.29. The Morgan fingerprint density at radius 2 is 1.05 bits per heavy atom.